The van der Waals surface area contributed by atoms with Crippen molar-refractivity contribution in [3.8, 4) is 0 Å². The maximum Gasteiger partial charge on any atom is 0.307 e. The van der Waals surface area contributed by atoms with Crippen LogP contribution in [0.1, 0.15) is 30.8 Å². The molecule has 2 N–H and O–H groups in total. The summed E-state index contributed by atoms with van der Waals surface area (Å²) in [5.74, 6) is 0.185. The lowest BCUT2D eigenvalue weighted by atomic mass is 10.1. The summed E-state index contributed by atoms with van der Waals surface area (Å²) in [7, 11) is 0. The third kappa shape index (κ3) is 2.85. The summed E-state index contributed by atoms with van der Waals surface area (Å²) in [5.41, 5.74) is 6.45. The monoisotopic (exact) mass is 198 g/mol. The summed E-state index contributed by atoms with van der Waals surface area (Å²) >= 11 is 0. The fourth-order valence-corrected chi connectivity index (χ4v) is 1.06. The van der Waals surface area contributed by atoms with Crippen LogP contribution in [0.25, 0.3) is 0 Å². The number of aryl methyl sites for hydroxylation is 1. The Hall–Kier alpha value is -1.36. The number of hydrogen-bond donors (Lipinski definition) is 1. The van der Waals surface area contributed by atoms with E-state index in [4.69, 9.17) is 15.0 Å². The quantitative estimate of drug-likeness (QED) is 0.728. The van der Waals surface area contributed by atoms with Gasteiger partial charge in [0.15, 0.2) is 5.76 Å². The molecule has 0 saturated heterocycles. The predicted octanol–water partition coefficient (Wildman–Crippen LogP) is 0.936. The predicted molar refractivity (Wildman–Crippen MR) is 49.4 cm³/mol. The second-order valence-electron chi connectivity index (χ2n) is 2.99. The van der Waals surface area contributed by atoms with Gasteiger partial charge in [-0.25, -0.2) is 0 Å². The SMILES string of the molecule is CCOC(=O)C[C@H](N)c1cc(C)no1. The first-order valence-corrected chi connectivity index (χ1v) is 4.48. The molecule has 5 heteroatoms. The number of carbonyl (C=O) groups excluding carboxylic acids is 1. The minimum absolute atomic E-state index is 0.114. The van der Waals surface area contributed by atoms with Gasteiger partial charge in [-0.15, -0.1) is 0 Å². The fraction of sp³-hybridized carbons (Fsp3) is 0.556. The standard InChI is InChI=1S/C9H14N2O3/c1-3-13-9(12)5-7(10)8-4-6(2)11-14-8/h4,7H,3,5,10H2,1-2H3/t7-/m0/s1. The molecule has 0 aliphatic carbocycles. The van der Waals surface area contributed by atoms with Crippen molar-refractivity contribution in [2.45, 2.75) is 26.3 Å². The molecule has 0 bridgehead atoms. The highest BCUT2D eigenvalue weighted by atomic mass is 16.5. The smallest absolute Gasteiger partial charge is 0.307 e. The Morgan fingerprint density at radius 1 is 1.79 bits per heavy atom. The van der Waals surface area contributed by atoms with Crippen molar-refractivity contribution >= 4 is 5.97 Å². The molecule has 0 radical (unpaired) electrons. The van der Waals surface area contributed by atoms with Gasteiger partial charge in [-0.3, -0.25) is 4.79 Å². The topological polar surface area (TPSA) is 78.4 Å². The van der Waals surface area contributed by atoms with Gasteiger partial charge < -0.3 is 15.0 Å². The lowest BCUT2D eigenvalue weighted by Crippen LogP contribution is -2.16. The molecule has 0 unspecified atom stereocenters. The largest absolute Gasteiger partial charge is 0.466 e. The molecule has 1 aromatic rings. The summed E-state index contributed by atoms with van der Waals surface area (Å²) in [6, 6.07) is 1.24. The minimum Gasteiger partial charge on any atom is -0.466 e. The lowest BCUT2D eigenvalue weighted by Gasteiger charge is -2.06. The fourth-order valence-electron chi connectivity index (χ4n) is 1.06. The van der Waals surface area contributed by atoms with Crippen LogP contribution in [0.4, 0.5) is 0 Å². The number of esters is 1. The molecule has 5 nitrogen and oxygen atoms in total. The third-order valence-corrected chi connectivity index (χ3v) is 1.70. The molecule has 0 fully saturated rings. The van der Waals surface area contributed by atoms with Crippen LogP contribution >= 0.6 is 0 Å². The molecule has 0 aliphatic rings. The molecule has 0 spiro atoms. The van der Waals surface area contributed by atoms with Crippen LogP contribution in [0.2, 0.25) is 0 Å². The van der Waals surface area contributed by atoms with Crippen molar-refractivity contribution < 1.29 is 14.1 Å². The molecule has 0 amide bonds. The average Bonchev–Trinajstić information content (AvgIpc) is 2.52. The number of aromatic nitrogens is 1. The van der Waals surface area contributed by atoms with Gasteiger partial charge in [0.2, 0.25) is 0 Å². The van der Waals surface area contributed by atoms with Gasteiger partial charge in [-0.1, -0.05) is 5.16 Å². The normalized spacial score (nSPS) is 12.5. The zero-order valence-corrected chi connectivity index (χ0v) is 8.32. The van der Waals surface area contributed by atoms with E-state index in [0.717, 1.165) is 5.69 Å². The molecular weight excluding hydrogens is 184 g/mol. The van der Waals surface area contributed by atoms with Crippen LogP contribution in [-0.4, -0.2) is 17.7 Å². The van der Waals surface area contributed by atoms with Gasteiger partial charge in [-0.2, -0.15) is 0 Å². The summed E-state index contributed by atoms with van der Waals surface area (Å²) in [6.07, 6.45) is 0.114. The van der Waals surface area contributed by atoms with E-state index >= 15 is 0 Å². The maximum absolute atomic E-state index is 11.1. The molecule has 1 aromatic heterocycles. The zero-order valence-electron chi connectivity index (χ0n) is 8.32. The molecular formula is C9H14N2O3. The Kier molecular flexibility index (Phi) is 3.64. The van der Waals surface area contributed by atoms with E-state index in [-0.39, 0.29) is 12.4 Å². The third-order valence-electron chi connectivity index (χ3n) is 1.70. The number of hydrogen-bond acceptors (Lipinski definition) is 5. The Balaban J connectivity index is 2.50. The van der Waals surface area contributed by atoms with E-state index < -0.39 is 6.04 Å². The van der Waals surface area contributed by atoms with Crippen LogP contribution in [0.15, 0.2) is 10.6 Å². The average molecular weight is 198 g/mol. The van der Waals surface area contributed by atoms with Crippen molar-refractivity contribution in [2.24, 2.45) is 5.73 Å². The van der Waals surface area contributed by atoms with Crippen molar-refractivity contribution in [1.29, 1.82) is 0 Å². The van der Waals surface area contributed by atoms with Crippen molar-refractivity contribution in [2.75, 3.05) is 6.61 Å². The lowest BCUT2D eigenvalue weighted by molar-refractivity contribution is -0.143. The van der Waals surface area contributed by atoms with Gasteiger partial charge in [0.1, 0.15) is 0 Å². The van der Waals surface area contributed by atoms with E-state index in [2.05, 4.69) is 5.16 Å². The minimum atomic E-state index is -0.477. The number of nitrogens with two attached hydrogens (primary N) is 1. The van der Waals surface area contributed by atoms with E-state index in [1.54, 1.807) is 19.9 Å². The molecule has 14 heavy (non-hydrogen) atoms. The van der Waals surface area contributed by atoms with Crippen LogP contribution < -0.4 is 5.73 Å². The first kappa shape index (κ1) is 10.7. The Morgan fingerprint density at radius 2 is 2.50 bits per heavy atom. The van der Waals surface area contributed by atoms with E-state index in [9.17, 15) is 4.79 Å². The Labute approximate surface area is 82.2 Å². The van der Waals surface area contributed by atoms with Crippen molar-refractivity contribution in [3.05, 3.63) is 17.5 Å². The molecule has 0 aliphatic heterocycles. The van der Waals surface area contributed by atoms with Gasteiger partial charge in [0, 0.05) is 6.07 Å². The second kappa shape index (κ2) is 4.76. The Bertz CT molecular complexity index is 309. The molecule has 1 atom stereocenters. The maximum atomic E-state index is 11.1. The summed E-state index contributed by atoms with van der Waals surface area (Å²) in [5, 5.41) is 3.68. The number of ether oxygens (including phenoxy) is 1. The number of nitrogens with zero attached hydrogens (tertiary/aromatic N) is 1. The van der Waals surface area contributed by atoms with Gasteiger partial charge in [-0.05, 0) is 13.8 Å². The van der Waals surface area contributed by atoms with Gasteiger partial charge in [0.25, 0.3) is 0 Å². The van der Waals surface area contributed by atoms with Crippen LogP contribution in [0, 0.1) is 6.92 Å². The first-order valence-electron chi connectivity index (χ1n) is 4.48. The van der Waals surface area contributed by atoms with E-state index in [1.807, 2.05) is 0 Å². The highest BCUT2D eigenvalue weighted by molar-refractivity contribution is 5.70. The van der Waals surface area contributed by atoms with E-state index in [0.29, 0.717) is 12.4 Å². The van der Waals surface area contributed by atoms with Gasteiger partial charge >= 0.3 is 5.97 Å². The van der Waals surface area contributed by atoms with Gasteiger partial charge in [0.05, 0.1) is 24.8 Å². The number of carbonyl (C=O) groups is 1. The first-order chi connectivity index (χ1) is 6.63. The summed E-state index contributed by atoms with van der Waals surface area (Å²) in [6.45, 7) is 3.91. The molecule has 0 aromatic carbocycles. The zero-order chi connectivity index (χ0) is 10.6. The molecule has 0 saturated carbocycles. The van der Waals surface area contributed by atoms with Crippen molar-refractivity contribution in [3.63, 3.8) is 0 Å². The second-order valence-corrected chi connectivity index (χ2v) is 2.99. The van der Waals surface area contributed by atoms with Crippen LogP contribution in [-0.2, 0) is 9.53 Å². The van der Waals surface area contributed by atoms with Crippen LogP contribution in [0.5, 0.6) is 0 Å². The Morgan fingerprint density at radius 3 is 3.00 bits per heavy atom. The highest BCUT2D eigenvalue weighted by Gasteiger charge is 2.16. The summed E-state index contributed by atoms with van der Waals surface area (Å²) < 4.78 is 9.68. The van der Waals surface area contributed by atoms with Crippen molar-refractivity contribution in [1.82, 2.24) is 5.16 Å². The molecule has 78 valence electrons. The summed E-state index contributed by atoms with van der Waals surface area (Å²) in [4.78, 5) is 11.1. The van der Waals surface area contributed by atoms with E-state index in [1.165, 1.54) is 0 Å². The highest BCUT2D eigenvalue weighted by Crippen LogP contribution is 2.15. The number of rotatable bonds is 4. The van der Waals surface area contributed by atoms with Crippen LogP contribution in [0.3, 0.4) is 0 Å². The molecule has 1 heterocycles. The molecule has 1 rings (SSSR count).